The maximum atomic E-state index is 2.37. The lowest BCUT2D eigenvalue weighted by Crippen LogP contribution is -1.98. The van der Waals surface area contributed by atoms with Gasteiger partial charge in [0.25, 0.3) is 0 Å². The van der Waals surface area contributed by atoms with E-state index in [1.54, 1.807) is 0 Å². The second-order valence-corrected chi connectivity index (χ2v) is 7.21. The average molecular weight is 302 g/mol. The fourth-order valence-electron chi connectivity index (χ4n) is 3.21. The molecule has 0 saturated carbocycles. The summed E-state index contributed by atoms with van der Waals surface area (Å²) in [6, 6.07) is 24.6. The predicted molar refractivity (Wildman–Crippen MR) is 102 cm³/mol. The number of hydrogen-bond donors (Lipinski definition) is 0. The molecule has 108 valence electrons. The van der Waals surface area contributed by atoms with Gasteiger partial charge >= 0.3 is 0 Å². The van der Waals surface area contributed by atoms with Gasteiger partial charge in [0.15, 0.2) is 0 Å². The van der Waals surface area contributed by atoms with Crippen LogP contribution in [0.3, 0.4) is 0 Å². The maximum Gasteiger partial charge on any atom is -0.00308 e. The molecular weight excluding hydrogens is 283 g/mol. The first-order chi connectivity index (χ1) is 10.9. The largest absolute Gasteiger partial charge is 0.0897 e. The molecule has 0 aliphatic heterocycles. The maximum absolute atomic E-state index is 2.37. The van der Waals surface area contributed by atoms with Crippen molar-refractivity contribution in [3.63, 3.8) is 0 Å². The number of fused-ring (bicyclic) bond motifs is 4. The highest BCUT2D eigenvalue weighted by Crippen LogP contribution is 2.31. The van der Waals surface area contributed by atoms with Crippen LogP contribution < -0.4 is 5.30 Å². The van der Waals surface area contributed by atoms with Crippen LogP contribution in [-0.2, 0) is 0 Å². The van der Waals surface area contributed by atoms with Gasteiger partial charge in [0.2, 0.25) is 0 Å². The van der Waals surface area contributed by atoms with E-state index in [0.717, 1.165) is 8.58 Å². The molecular formula is C21H19P. The number of rotatable bonds is 3. The minimum Gasteiger partial charge on any atom is -0.0897 e. The highest BCUT2D eigenvalue weighted by atomic mass is 31.1. The van der Waals surface area contributed by atoms with Gasteiger partial charge in [-0.1, -0.05) is 76.5 Å². The van der Waals surface area contributed by atoms with E-state index in [1.165, 1.54) is 50.2 Å². The van der Waals surface area contributed by atoms with Gasteiger partial charge in [0, 0.05) is 0 Å². The van der Waals surface area contributed by atoms with Gasteiger partial charge in [-0.05, 0) is 55.9 Å². The van der Waals surface area contributed by atoms with Crippen LogP contribution in [-0.4, -0.2) is 6.16 Å². The van der Waals surface area contributed by atoms with E-state index in [-0.39, 0.29) is 0 Å². The molecule has 4 aromatic carbocycles. The molecule has 0 spiro atoms. The molecule has 1 atom stereocenters. The van der Waals surface area contributed by atoms with Crippen molar-refractivity contribution in [2.24, 2.45) is 0 Å². The van der Waals surface area contributed by atoms with E-state index in [0.29, 0.717) is 0 Å². The lowest BCUT2D eigenvalue weighted by Gasteiger charge is -2.11. The zero-order valence-corrected chi connectivity index (χ0v) is 13.8. The van der Waals surface area contributed by atoms with E-state index in [4.69, 9.17) is 0 Å². The molecule has 0 bridgehead atoms. The Kier molecular flexibility index (Phi) is 3.56. The Hall–Kier alpha value is -1.91. The van der Waals surface area contributed by atoms with E-state index >= 15 is 0 Å². The normalized spacial score (nSPS) is 12.0. The first-order valence-electron chi connectivity index (χ1n) is 7.95. The quantitative estimate of drug-likeness (QED) is 0.252. The molecule has 4 rings (SSSR count). The Morgan fingerprint density at radius 1 is 0.727 bits per heavy atom. The lowest BCUT2D eigenvalue weighted by molar-refractivity contribution is 1.10. The molecule has 0 amide bonds. The Balaban J connectivity index is 2.09. The van der Waals surface area contributed by atoms with Crippen LogP contribution in [0, 0.1) is 0 Å². The van der Waals surface area contributed by atoms with Crippen molar-refractivity contribution in [1.82, 2.24) is 0 Å². The minimum absolute atomic E-state index is 0.899. The Labute approximate surface area is 132 Å². The van der Waals surface area contributed by atoms with Crippen molar-refractivity contribution < 1.29 is 0 Å². The summed E-state index contributed by atoms with van der Waals surface area (Å²) in [6.45, 7) is 2.27. The van der Waals surface area contributed by atoms with Crippen LogP contribution in [0.5, 0.6) is 0 Å². The second-order valence-electron chi connectivity index (χ2n) is 5.82. The molecule has 0 aliphatic rings. The fraction of sp³-hybridized carbons (Fsp3) is 0.143. The topological polar surface area (TPSA) is 0 Å². The third-order valence-electron chi connectivity index (χ3n) is 4.29. The minimum atomic E-state index is 0.899. The molecule has 0 nitrogen and oxygen atoms in total. The van der Waals surface area contributed by atoms with Gasteiger partial charge in [0.1, 0.15) is 0 Å². The highest BCUT2D eigenvalue weighted by molar-refractivity contribution is 7.47. The van der Waals surface area contributed by atoms with E-state index in [1.807, 2.05) is 0 Å². The van der Waals surface area contributed by atoms with Gasteiger partial charge in [-0.25, -0.2) is 0 Å². The zero-order valence-electron chi connectivity index (χ0n) is 12.8. The van der Waals surface area contributed by atoms with Crippen LogP contribution in [0.15, 0.2) is 66.7 Å². The van der Waals surface area contributed by atoms with Crippen LogP contribution in [0.4, 0.5) is 0 Å². The zero-order chi connectivity index (χ0) is 14.9. The smallest absolute Gasteiger partial charge is 0.00308 e. The molecule has 0 heterocycles. The second kappa shape index (κ2) is 5.71. The predicted octanol–water partition coefficient (Wildman–Crippen LogP) is 5.86. The number of hydrogen-bond acceptors (Lipinski definition) is 0. The van der Waals surface area contributed by atoms with E-state index < -0.39 is 0 Å². The van der Waals surface area contributed by atoms with Crippen molar-refractivity contribution in [3.05, 3.63) is 66.7 Å². The molecule has 0 aromatic heterocycles. The molecule has 22 heavy (non-hydrogen) atoms. The Morgan fingerprint density at radius 3 is 2.27 bits per heavy atom. The van der Waals surface area contributed by atoms with Gasteiger partial charge in [0.05, 0.1) is 0 Å². The first kappa shape index (κ1) is 13.7. The third-order valence-corrected chi connectivity index (χ3v) is 5.84. The Morgan fingerprint density at radius 2 is 1.45 bits per heavy atom. The molecule has 4 aromatic rings. The molecule has 1 unspecified atom stereocenters. The summed E-state index contributed by atoms with van der Waals surface area (Å²) in [5.41, 5.74) is 0. The van der Waals surface area contributed by atoms with Gasteiger partial charge in [-0.15, -0.1) is 0 Å². The lowest BCUT2D eigenvalue weighted by atomic mass is 9.98. The summed E-state index contributed by atoms with van der Waals surface area (Å²) in [4.78, 5) is 0. The van der Waals surface area contributed by atoms with Gasteiger partial charge in [-0.3, -0.25) is 0 Å². The van der Waals surface area contributed by atoms with Crippen molar-refractivity contribution in [2.75, 3.05) is 6.16 Å². The van der Waals surface area contributed by atoms with Crippen LogP contribution in [0.2, 0.25) is 0 Å². The Bertz CT molecular complexity index is 969. The molecule has 0 radical (unpaired) electrons. The first-order valence-corrected chi connectivity index (χ1v) is 9.15. The molecule has 1 heteroatoms. The number of benzene rings is 4. The third kappa shape index (κ3) is 2.28. The summed E-state index contributed by atoms with van der Waals surface area (Å²) in [5, 5.41) is 9.73. The molecule has 0 aliphatic carbocycles. The summed E-state index contributed by atoms with van der Waals surface area (Å²) < 4.78 is 0. The van der Waals surface area contributed by atoms with Crippen LogP contribution in [0.1, 0.15) is 13.3 Å². The van der Waals surface area contributed by atoms with Crippen LogP contribution in [0.25, 0.3) is 32.3 Å². The summed E-state index contributed by atoms with van der Waals surface area (Å²) in [6.07, 6.45) is 2.53. The molecule has 0 saturated heterocycles. The monoisotopic (exact) mass is 302 g/mol. The van der Waals surface area contributed by atoms with Crippen molar-refractivity contribution in [1.29, 1.82) is 0 Å². The van der Waals surface area contributed by atoms with Crippen molar-refractivity contribution >= 4 is 46.2 Å². The standard InChI is InChI=1S/C21H19P/c1-2-12-22-20-9-5-8-15-10-11-18-13-16-6-3-4-7-17(16)14-19(18)21(15)20/h3-11,13-14,22H,2,12H2,1H3. The fourth-order valence-corrected chi connectivity index (χ4v) is 4.40. The summed E-state index contributed by atoms with van der Waals surface area (Å²) in [5.74, 6) is 0. The summed E-state index contributed by atoms with van der Waals surface area (Å²) >= 11 is 0. The molecule has 0 N–H and O–H groups in total. The van der Waals surface area contributed by atoms with E-state index in [2.05, 4.69) is 73.7 Å². The molecule has 0 fully saturated rings. The summed E-state index contributed by atoms with van der Waals surface area (Å²) in [7, 11) is 0.899. The van der Waals surface area contributed by atoms with E-state index in [9.17, 15) is 0 Å². The van der Waals surface area contributed by atoms with Crippen molar-refractivity contribution in [2.45, 2.75) is 13.3 Å². The van der Waals surface area contributed by atoms with Crippen LogP contribution >= 0.6 is 8.58 Å². The van der Waals surface area contributed by atoms with Gasteiger partial charge < -0.3 is 0 Å². The van der Waals surface area contributed by atoms with Crippen molar-refractivity contribution in [3.8, 4) is 0 Å². The average Bonchev–Trinajstić information content (AvgIpc) is 2.57. The van der Waals surface area contributed by atoms with Gasteiger partial charge in [-0.2, -0.15) is 0 Å². The SMILES string of the molecule is CCCPc1cccc2ccc3cc4ccccc4cc3c12. The highest BCUT2D eigenvalue weighted by Gasteiger charge is 2.07.